The zero-order valence-corrected chi connectivity index (χ0v) is 11.7. The Hall–Kier alpha value is -0.840. The average Bonchev–Trinajstić information content (AvgIpc) is 2.72. The van der Waals surface area contributed by atoms with E-state index in [-0.39, 0.29) is 0 Å². The third-order valence-electron chi connectivity index (χ3n) is 2.53. The second-order valence-electron chi connectivity index (χ2n) is 3.86. The standard InChI is InChI=1S/C13H15NOS2/c1-8(15)13-14-12(9(2)17-13)10-4-6-11(16-3)7-5-10/h4-8,15H,1-3H3. The summed E-state index contributed by atoms with van der Waals surface area (Å²) in [6.07, 6.45) is 1.58. The SMILES string of the molecule is CSc1ccc(-c2nc(C(C)O)sc2C)cc1. The highest BCUT2D eigenvalue weighted by Crippen LogP contribution is 2.31. The Labute approximate surface area is 110 Å². The molecule has 0 saturated heterocycles. The van der Waals surface area contributed by atoms with Crippen molar-refractivity contribution in [2.75, 3.05) is 6.26 Å². The second-order valence-corrected chi connectivity index (χ2v) is 5.98. The third kappa shape index (κ3) is 2.70. The predicted molar refractivity (Wildman–Crippen MR) is 74.7 cm³/mol. The predicted octanol–water partition coefficient (Wildman–Crippen LogP) is 3.89. The van der Waals surface area contributed by atoms with Gasteiger partial charge in [-0.1, -0.05) is 12.1 Å². The molecule has 0 aliphatic heterocycles. The quantitative estimate of drug-likeness (QED) is 0.855. The van der Waals surface area contributed by atoms with Crippen LogP contribution in [0.15, 0.2) is 29.2 Å². The average molecular weight is 265 g/mol. The highest BCUT2D eigenvalue weighted by molar-refractivity contribution is 7.98. The monoisotopic (exact) mass is 265 g/mol. The zero-order valence-electron chi connectivity index (χ0n) is 10.1. The van der Waals surface area contributed by atoms with Crippen molar-refractivity contribution in [2.24, 2.45) is 0 Å². The van der Waals surface area contributed by atoms with Crippen molar-refractivity contribution in [1.82, 2.24) is 4.98 Å². The van der Waals surface area contributed by atoms with E-state index in [0.717, 1.165) is 21.1 Å². The molecule has 0 fully saturated rings. The summed E-state index contributed by atoms with van der Waals surface area (Å²) < 4.78 is 0. The first kappa shape index (κ1) is 12.6. The highest BCUT2D eigenvalue weighted by Gasteiger charge is 2.12. The lowest BCUT2D eigenvalue weighted by molar-refractivity contribution is 0.199. The van der Waals surface area contributed by atoms with E-state index in [0.29, 0.717) is 0 Å². The van der Waals surface area contributed by atoms with Gasteiger partial charge in [0, 0.05) is 15.3 Å². The first-order valence-electron chi connectivity index (χ1n) is 5.41. The summed E-state index contributed by atoms with van der Waals surface area (Å²) in [4.78, 5) is 6.90. The molecule has 4 heteroatoms. The molecule has 1 atom stereocenters. The van der Waals surface area contributed by atoms with Crippen molar-refractivity contribution < 1.29 is 5.11 Å². The summed E-state index contributed by atoms with van der Waals surface area (Å²) in [7, 11) is 0. The highest BCUT2D eigenvalue weighted by atomic mass is 32.2. The number of aliphatic hydroxyl groups is 1. The maximum Gasteiger partial charge on any atom is 0.122 e. The van der Waals surface area contributed by atoms with Crippen molar-refractivity contribution >= 4 is 23.1 Å². The van der Waals surface area contributed by atoms with Crippen LogP contribution in [-0.2, 0) is 0 Å². The van der Waals surface area contributed by atoms with E-state index < -0.39 is 6.10 Å². The largest absolute Gasteiger partial charge is 0.386 e. The molecule has 17 heavy (non-hydrogen) atoms. The Bertz CT molecular complexity index is 503. The lowest BCUT2D eigenvalue weighted by Crippen LogP contribution is -1.89. The number of rotatable bonds is 3. The molecule has 1 aromatic carbocycles. The second kappa shape index (κ2) is 5.21. The Morgan fingerprint density at radius 1 is 1.29 bits per heavy atom. The number of benzene rings is 1. The maximum absolute atomic E-state index is 9.54. The van der Waals surface area contributed by atoms with Gasteiger partial charge >= 0.3 is 0 Å². The van der Waals surface area contributed by atoms with Gasteiger partial charge in [0.15, 0.2) is 0 Å². The molecule has 1 unspecified atom stereocenters. The van der Waals surface area contributed by atoms with E-state index in [9.17, 15) is 5.11 Å². The fourth-order valence-corrected chi connectivity index (χ4v) is 2.90. The molecule has 0 spiro atoms. The van der Waals surface area contributed by atoms with Gasteiger partial charge in [-0.2, -0.15) is 0 Å². The van der Waals surface area contributed by atoms with Crippen LogP contribution in [0.1, 0.15) is 22.9 Å². The number of thiazole rings is 1. The minimum absolute atomic E-state index is 0.488. The van der Waals surface area contributed by atoms with Gasteiger partial charge in [0.2, 0.25) is 0 Å². The van der Waals surface area contributed by atoms with Crippen LogP contribution in [0.4, 0.5) is 0 Å². The molecule has 0 amide bonds. The van der Waals surface area contributed by atoms with Crippen molar-refractivity contribution in [3.8, 4) is 11.3 Å². The molecule has 0 aliphatic rings. The summed E-state index contributed by atoms with van der Waals surface area (Å²) >= 11 is 3.29. The molecule has 2 aromatic rings. The molecule has 2 nitrogen and oxygen atoms in total. The van der Waals surface area contributed by atoms with Crippen LogP contribution >= 0.6 is 23.1 Å². The van der Waals surface area contributed by atoms with Gasteiger partial charge in [-0.25, -0.2) is 4.98 Å². The summed E-state index contributed by atoms with van der Waals surface area (Å²) in [5.74, 6) is 0. The maximum atomic E-state index is 9.54. The minimum Gasteiger partial charge on any atom is -0.386 e. The van der Waals surface area contributed by atoms with Crippen LogP contribution in [0.3, 0.4) is 0 Å². The fourth-order valence-electron chi connectivity index (χ4n) is 1.61. The van der Waals surface area contributed by atoms with Gasteiger partial charge < -0.3 is 5.11 Å². The summed E-state index contributed by atoms with van der Waals surface area (Å²) in [6, 6.07) is 8.36. The fraction of sp³-hybridized carbons (Fsp3) is 0.308. The van der Waals surface area contributed by atoms with Crippen molar-refractivity contribution in [1.29, 1.82) is 0 Å². The van der Waals surface area contributed by atoms with Crippen molar-refractivity contribution in [2.45, 2.75) is 24.8 Å². The molecule has 0 saturated carbocycles. The van der Waals surface area contributed by atoms with E-state index in [1.807, 2.05) is 6.92 Å². The Morgan fingerprint density at radius 3 is 2.41 bits per heavy atom. The van der Waals surface area contributed by atoms with Gasteiger partial charge in [0.1, 0.15) is 11.1 Å². The lowest BCUT2D eigenvalue weighted by atomic mass is 10.1. The molecule has 1 heterocycles. The van der Waals surface area contributed by atoms with Crippen LogP contribution in [0.5, 0.6) is 0 Å². The molecule has 0 bridgehead atoms. The van der Waals surface area contributed by atoms with Gasteiger partial charge in [-0.15, -0.1) is 23.1 Å². The molecule has 0 aliphatic carbocycles. The lowest BCUT2D eigenvalue weighted by Gasteiger charge is -2.00. The van der Waals surface area contributed by atoms with E-state index in [2.05, 4.69) is 35.5 Å². The number of aryl methyl sites for hydroxylation is 1. The van der Waals surface area contributed by atoms with Crippen LogP contribution in [0.2, 0.25) is 0 Å². The molecule has 1 N–H and O–H groups in total. The van der Waals surface area contributed by atoms with Crippen LogP contribution in [0, 0.1) is 6.92 Å². The van der Waals surface area contributed by atoms with Gasteiger partial charge in [-0.3, -0.25) is 0 Å². The summed E-state index contributed by atoms with van der Waals surface area (Å²) in [6.45, 7) is 3.79. The number of aromatic nitrogens is 1. The zero-order chi connectivity index (χ0) is 12.4. The number of hydrogen-bond acceptors (Lipinski definition) is 4. The number of nitrogens with zero attached hydrogens (tertiary/aromatic N) is 1. The van der Waals surface area contributed by atoms with Crippen molar-refractivity contribution in [3.05, 3.63) is 34.2 Å². The molecular weight excluding hydrogens is 250 g/mol. The Kier molecular flexibility index (Phi) is 3.86. The van der Waals surface area contributed by atoms with Crippen LogP contribution < -0.4 is 0 Å². The molecule has 1 aromatic heterocycles. The first-order chi connectivity index (χ1) is 8.11. The van der Waals surface area contributed by atoms with Crippen LogP contribution in [-0.4, -0.2) is 16.3 Å². The minimum atomic E-state index is -0.488. The van der Waals surface area contributed by atoms with Crippen molar-refractivity contribution in [3.63, 3.8) is 0 Å². The first-order valence-corrected chi connectivity index (χ1v) is 7.45. The Morgan fingerprint density at radius 2 is 1.94 bits per heavy atom. The summed E-state index contributed by atoms with van der Waals surface area (Å²) in [5.41, 5.74) is 2.10. The van der Waals surface area contributed by atoms with E-state index in [1.165, 1.54) is 4.90 Å². The van der Waals surface area contributed by atoms with Gasteiger partial charge in [0.25, 0.3) is 0 Å². The van der Waals surface area contributed by atoms with Crippen LogP contribution in [0.25, 0.3) is 11.3 Å². The molecule has 90 valence electrons. The van der Waals surface area contributed by atoms with E-state index in [4.69, 9.17) is 0 Å². The molecular formula is C13H15NOS2. The third-order valence-corrected chi connectivity index (χ3v) is 4.42. The molecule has 2 rings (SSSR count). The van der Waals surface area contributed by atoms with E-state index >= 15 is 0 Å². The number of aliphatic hydroxyl groups excluding tert-OH is 1. The van der Waals surface area contributed by atoms with Gasteiger partial charge in [-0.05, 0) is 32.2 Å². The Balaban J connectivity index is 2.38. The normalized spacial score (nSPS) is 12.7. The number of hydrogen-bond donors (Lipinski definition) is 1. The smallest absolute Gasteiger partial charge is 0.122 e. The topological polar surface area (TPSA) is 33.1 Å². The van der Waals surface area contributed by atoms with E-state index in [1.54, 1.807) is 30.0 Å². The summed E-state index contributed by atoms with van der Waals surface area (Å²) in [5, 5.41) is 10.3. The van der Waals surface area contributed by atoms with Gasteiger partial charge in [0.05, 0.1) is 5.69 Å². The number of thioether (sulfide) groups is 1. The molecule has 0 radical (unpaired) electrons.